The number of benzene rings is 1. The Hall–Kier alpha value is -1.35. The van der Waals surface area contributed by atoms with E-state index >= 15 is 0 Å². The first kappa shape index (κ1) is 17.5. The minimum Gasteiger partial charge on any atom is -0.390 e. The van der Waals surface area contributed by atoms with E-state index in [2.05, 4.69) is 5.32 Å². The van der Waals surface area contributed by atoms with Gasteiger partial charge in [-0.2, -0.15) is 11.8 Å². The van der Waals surface area contributed by atoms with Gasteiger partial charge in [-0.25, -0.2) is 0 Å². The number of aliphatic hydroxyl groups excluding tert-OH is 1. The minimum atomic E-state index is -0.539. The van der Waals surface area contributed by atoms with Gasteiger partial charge in [0.1, 0.15) is 10.9 Å². The van der Waals surface area contributed by atoms with Crippen LogP contribution in [0, 0.1) is 0 Å². The topological polar surface area (TPSA) is 69.6 Å². The van der Waals surface area contributed by atoms with Crippen LogP contribution in [0.5, 0.6) is 0 Å². The number of thioether (sulfide) groups is 2. The summed E-state index contributed by atoms with van der Waals surface area (Å²) in [7, 11) is 0. The Labute approximate surface area is 153 Å². The number of hydrogen-bond acceptors (Lipinski definition) is 6. The van der Waals surface area contributed by atoms with Crippen LogP contribution in [-0.4, -0.2) is 56.3 Å². The Bertz CT molecular complexity index is 693. The zero-order valence-corrected chi connectivity index (χ0v) is 15.1. The molecular formula is C16H16N2O3S3. The molecule has 2 N–H and O–H groups in total. The van der Waals surface area contributed by atoms with Gasteiger partial charge in [0.15, 0.2) is 0 Å². The Morgan fingerprint density at radius 1 is 1.38 bits per heavy atom. The molecule has 5 nitrogen and oxygen atoms in total. The van der Waals surface area contributed by atoms with E-state index in [-0.39, 0.29) is 24.4 Å². The predicted molar refractivity (Wildman–Crippen MR) is 102 cm³/mol. The molecule has 0 saturated carbocycles. The van der Waals surface area contributed by atoms with Crippen molar-refractivity contribution in [2.45, 2.75) is 12.1 Å². The summed E-state index contributed by atoms with van der Waals surface area (Å²) in [6.07, 6.45) is 1.23. The van der Waals surface area contributed by atoms with Crippen LogP contribution in [0.15, 0.2) is 35.2 Å². The fourth-order valence-corrected chi connectivity index (χ4v) is 4.84. The van der Waals surface area contributed by atoms with Crippen LogP contribution >= 0.6 is 35.7 Å². The lowest BCUT2D eigenvalue weighted by atomic mass is 10.2. The standard InChI is InChI=1S/C16H16N2O3S3/c19-12-9-23-8-11(12)17-14(20)7-18-15(21)13(24-16(18)22)6-10-4-2-1-3-5-10/h1-6,11-12,19H,7-9H2,(H,17,20)/b13-6-. The molecule has 0 aromatic heterocycles. The van der Waals surface area contributed by atoms with Crippen molar-refractivity contribution in [2.75, 3.05) is 18.1 Å². The molecule has 0 bridgehead atoms. The molecular weight excluding hydrogens is 364 g/mol. The molecule has 3 rings (SSSR count). The van der Waals surface area contributed by atoms with Crippen LogP contribution in [0.4, 0.5) is 0 Å². The SMILES string of the molecule is O=C(CN1C(=O)/C(=C/c2ccccc2)SC1=S)NC1CSCC1O. The van der Waals surface area contributed by atoms with E-state index < -0.39 is 6.10 Å². The summed E-state index contributed by atoms with van der Waals surface area (Å²) in [6, 6.07) is 9.23. The zero-order valence-electron chi connectivity index (χ0n) is 12.7. The second-order valence-electron chi connectivity index (χ2n) is 5.46. The van der Waals surface area contributed by atoms with Crippen LogP contribution in [0.3, 0.4) is 0 Å². The highest BCUT2D eigenvalue weighted by Crippen LogP contribution is 2.32. The molecule has 2 aliphatic rings. The van der Waals surface area contributed by atoms with E-state index in [1.807, 2.05) is 30.3 Å². The maximum absolute atomic E-state index is 12.5. The number of carbonyl (C=O) groups excluding carboxylic acids is 2. The number of aliphatic hydroxyl groups is 1. The maximum Gasteiger partial charge on any atom is 0.266 e. The van der Waals surface area contributed by atoms with Gasteiger partial charge in [-0.3, -0.25) is 14.5 Å². The van der Waals surface area contributed by atoms with E-state index in [1.54, 1.807) is 17.8 Å². The van der Waals surface area contributed by atoms with E-state index in [0.717, 1.165) is 5.56 Å². The molecule has 1 aromatic carbocycles. The van der Waals surface area contributed by atoms with Crippen molar-refractivity contribution in [2.24, 2.45) is 0 Å². The van der Waals surface area contributed by atoms with Crippen molar-refractivity contribution in [1.82, 2.24) is 10.2 Å². The van der Waals surface area contributed by atoms with E-state index in [1.165, 1.54) is 16.7 Å². The quantitative estimate of drug-likeness (QED) is 0.609. The molecule has 2 unspecified atom stereocenters. The average Bonchev–Trinajstić information content (AvgIpc) is 3.07. The summed E-state index contributed by atoms with van der Waals surface area (Å²) in [6.45, 7) is -0.120. The van der Waals surface area contributed by atoms with Crippen molar-refractivity contribution < 1.29 is 14.7 Å². The summed E-state index contributed by atoms with van der Waals surface area (Å²) in [5.74, 6) is 0.731. The Balaban J connectivity index is 1.64. The summed E-state index contributed by atoms with van der Waals surface area (Å²) in [5, 5.41) is 12.5. The van der Waals surface area contributed by atoms with Crippen LogP contribution in [0.25, 0.3) is 6.08 Å². The van der Waals surface area contributed by atoms with Crippen LogP contribution in [-0.2, 0) is 9.59 Å². The minimum absolute atomic E-state index is 0.120. The molecule has 0 aliphatic carbocycles. The Kier molecular flexibility index (Phi) is 5.60. The molecule has 126 valence electrons. The summed E-state index contributed by atoms with van der Waals surface area (Å²) >= 11 is 8.02. The van der Waals surface area contributed by atoms with Gasteiger partial charge in [0.2, 0.25) is 5.91 Å². The van der Waals surface area contributed by atoms with E-state index in [9.17, 15) is 14.7 Å². The van der Waals surface area contributed by atoms with Crippen molar-refractivity contribution in [3.8, 4) is 0 Å². The molecule has 24 heavy (non-hydrogen) atoms. The predicted octanol–water partition coefficient (Wildman–Crippen LogP) is 1.48. The van der Waals surface area contributed by atoms with Gasteiger partial charge in [0.05, 0.1) is 17.1 Å². The number of hydrogen-bond donors (Lipinski definition) is 2. The monoisotopic (exact) mass is 380 g/mol. The molecule has 2 aliphatic heterocycles. The van der Waals surface area contributed by atoms with Gasteiger partial charge in [-0.15, -0.1) is 0 Å². The molecule has 2 heterocycles. The lowest BCUT2D eigenvalue weighted by Gasteiger charge is -2.18. The number of rotatable bonds is 4. The van der Waals surface area contributed by atoms with Gasteiger partial charge in [-0.1, -0.05) is 54.3 Å². The third-order valence-electron chi connectivity index (χ3n) is 3.67. The average molecular weight is 381 g/mol. The third kappa shape index (κ3) is 4.00. The van der Waals surface area contributed by atoms with Crippen LogP contribution in [0.2, 0.25) is 0 Å². The highest BCUT2D eigenvalue weighted by Gasteiger charge is 2.34. The fraction of sp³-hybridized carbons (Fsp3) is 0.312. The molecule has 8 heteroatoms. The van der Waals surface area contributed by atoms with Gasteiger partial charge in [-0.05, 0) is 11.6 Å². The lowest BCUT2D eigenvalue weighted by Crippen LogP contribution is -2.47. The van der Waals surface area contributed by atoms with Crippen LogP contribution < -0.4 is 5.32 Å². The normalized spacial score (nSPS) is 25.5. The lowest BCUT2D eigenvalue weighted by molar-refractivity contribution is -0.129. The van der Waals surface area contributed by atoms with Gasteiger partial charge >= 0.3 is 0 Å². The summed E-state index contributed by atoms with van der Waals surface area (Å²) in [5.41, 5.74) is 0.911. The smallest absolute Gasteiger partial charge is 0.266 e. The highest BCUT2D eigenvalue weighted by molar-refractivity contribution is 8.26. The molecule has 1 aromatic rings. The van der Waals surface area contributed by atoms with Gasteiger partial charge < -0.3 is 10.4 Å². The first-order valence-electron chi connectivity index (χ1n) is 7.40. The van der Waals surface area contributed by atoms with Crippen LogP contribution in [0.1, 0.15) is 5.56 Å². The third-order valence-corrected chi connectivity index (χ3v) is 6.22. The largest absolute Gasteiger partial charge is 0.390 e. The Morgan fingerprint density at radius 3 is 2.79 bits per heavy atom. The number of amides is 2. The zero-order chi connectivity index (χ0) is 17.1. The second kappa shape index (κ2) is 7.69. The summed E-state index contributed by atoms with van der Waals surface area (Å²) < 4.78 is 0.374. The van der Waals surface area contributed by atoms with E-state index in [0.29, 0.717) is 20.7 Å². The van der Waals surface area contributed by atoms with Crippen molar-refractivity contribution in [3.05, 3.63) is 40.8 Å². The maximum atomic E-state index is 12.5. The first-order chi connectivity index (χ1) is 11.5. The molecule has 2 atom stereocenters. The number of thiocarbonyl (C=S) groups is 1. The Morgan fingerprint density at radius 2 is 2.12 bits per heavy atom. The van der Waals surface area contributed by atoms with Crippen molar-refractivity contribution in [1.29, 1.82) is 0 Å². The molecule has 0 radical (unpaired) electrons. The number of carbonyl (C=O) groups is 2. The molecule has 0 spiro atoms. The second-order valence-corrected chi connectivity index (χ2v) is 8.21. The number of nitrogens with one attached hydrogen (secondary N) is 1. The molecule has 2 amide bonds. The van der Waals surface area contributed by atoms with E-state index in [4.69, 9.17) is 12.2 Å². The fourth-order valence-electron chi connectivity index (χ4n) is 2.41. The highest BCUT2D eigenvalue weighted by atomic mass is 32.2. The van der Waals surface area contributed by atoms with Gasteiger partial charge in [0.25, 0.3) is 5.91 Å². The summed E-state index contributed by atoms with van der Waals surface area (Å²) in [4.78, 5) is 26.4. The van der Waals surface area contributed by atoms with Crippen molar-refractivity contribution >= 4 is 58.0 Å². The van der Waals surface area contributed by atoms with Gasteiger partial charge in [0, 0.05) is 11.5 Å². The first-order valence-corrected chi connectivity index (χ1v) is 9.78. The molecule has 2 fully saturated rings. The molecule has 2 saturated heterocycles. The van der Waals surface area contributed by atoms with Crippen molar-refractivity contribution in [3.63, 3.8) is 0 Å². The number of nitrogens with zero attached hydrogens (tertiary/aromatic N) is 1.